The van der Waals surface area contributed by atoms with Crippen LogP contribution in [0.5, 0.6) is 0 Å². The van der Waals surface area contributed by atoms with Crippen LogP contribution in [0, 0.1) is 0 Å². The molecule has 0 radical (unpaired) electrons. The molecule has 1 aromatic carbocycles. The van der Waals surface area contributed by atoms with E-state index < -0.39 is 0 Å². The van der Waals surface area contributed by atoms with Crippen LogP contribution in [0.15, 0.2) is 24.3 Å². The molecule has 0 bridgehead atoms. The summed E-state index contributed by atoms with van der Waals surface area (Å²) in [4.78, 5) is 0. The number of benzene rings is 1. The normalized spacial score (nSPS) is 9.41. The maximum atomic E-state index is 3.24. The molecule has 1 nitrogen and oxygen atoms in total. The van der Waals surface area contributed by atoms with Gasteiger partial charge in [-0.15, -0.1) is 0 Å². The van der Waals surface area contributed by atoms with Crippen LogP contribution in [-0.4, -0.2) is 7.05 Å². The summed E-state index contributed by atoms with van der Waals surface area (Å²) < 4.78 is 0. The molecule has 0 aromatic heterocycles. The standard InChI is InChI=1S/C12H19N.2C2H6/c1-5-12(2,3)10-8-6-7-9-11(10)13-4;2*1-2/h6-9,13H,5H2,1-4H3;2*1-2H3. The molecule has 0 saturated carbocycles. The van der Waals surface area contributed by atoms with Crippen LogP contribution in [0.1, 0.15) is 60.5 Å². The quantitative estimate of drug-likeness (QED) is 0.735. The Labute approximate surface area is 109 Å². The summed E-state index contributed by atoms with van der Waals surface area (Å²) in [5, 5.41) is 3.24. The minimum absolute atomic E-state index is 0.263. The molecule has 0 saturated heterocycles. The van der Waals surface area contributed by atoms with Gasteiger partial charge in [0.1, 0.15) is 0 Å². The van der Waals surface area contributed by atoms with Crippen molar-refractivity contribution in [1.82, 2.24) is 0 Å². The smallest absolute Gasteiger partial charge is 0.0375 e. The first-order chi connectivity index (χ1) is 8.11. The average molecular weight is 237 g/mol. The number of hydrogen-bond donors (Lipinski definition) is 1. The lowest BCUT2D eigenvalue weighted by Crippen LogP contribution is -2.17. The van der Waals surface area contributed by atoms with E-state index in [1.807, 2.05) is 34.7 Å². The van der Waals surface area contributed by atoms with Crippen molar-refractivity contribution in [1.29, 1.82) is 0 Å². The summed E-state index contributed by atoms with van der Waals surface area (Å²) in [6, 6.07) is 8.51. The summed E-state index contributed by atoms with van der Waals surface area (Å²) >= 11 is 0. The predicted octanol–water partition coefficient (Wildman–Crippen LogP) is 5.47. The predicted molar refractivity (Wildman–Crippen MR) is 82.0 cm³/mol. The van der Waals surface area contributed by atoms with Crippen molar-refractivity contribution in [2.75, 3.05) is 12.4 Å². The van der Waals surface area contributed by atoms with Gasteiger partial charge in [0.15, 0.2) is 0 Å². The second-order valence-electron chi connectivity index (χ2n) is 4.03. The Balaban J connectivity index is 0. The van der Waals surface area contributed by atoms with Gasteiger partial charge in [-0.25, -0.2) is 0 Å². The van der Waals surface area contributed by atoms with Gasteiger partial charge in [-0.1, -0.05) is 66.7 Å². The van der Waals surface area contributed by atoms with Crippen LogP contribution in [0.3, 0.4) is 0 Å². The number of hydrogen-bond acceptors (Lipinski definition) is 1. The Bertz CT molecular complexity index is 277. The van der Waals surface area contributed by atoms with Crippen LogP contribution in [0.25, 0.3) is 0 Å². The van der Waals surface area contributed by atoms with Crippen LogP contribution in [0.4, 0.5) is 5.69 Å². The fourth-order valence-corrected chi connectivity index (χ4v) is 1.48. The molecule has 0 amide bonds. The molecule has 0 spiro atoms. The topological polar surface area (TPSA) is 12.0 Å². The van der Waals surface area contributed by atoms with E-state index in [2.05, 4.69) is 50.4 Å². The van der Waals surface area contributed by atoms with Crippen molar-refractivity contribution in [3.8, 4) is 0 Å². The zero-order chi connectivity index (χ0) is 13.9. The maximum Gasteiger partial charge on any atom is 0.0375 e. The van der Waals surface area contributed by atoms with E-state index in [9.17, 15) is 0 Å². The first-order valence-electron chi connectivity index (χ1n) is 6.89. The Morgan fingerprint density at radius 1 is 1.00 bits per heavy atom. The molecule has 100 valence electrons. The lowest BCUT2D eigenvalue weighted by Gasteiger charge is -2.26. The number of anilines is 1. The Kier molecular flexibility index (Phi) is 11.0. The fourth-order valence-electron chi connectivity index (χ4n) is 1.48. The first-order valence-corrected chi connectivity index (χ1v) is 6.89. The molecule has 1 rings (SSSR count). The van der Waals surface area contributed by atoms with E-state index in [4.69, 9.17) is 0 Å². The third kappa shape index (κ3) is 5.76. The molecule has 0 unspecified atom stereocenters. The minimum Gasteiger partial charge on any atom is -0.388 e. The molecule has 1 N–H and O–H groups in total. The van der Waals surface area contributed by atoms with Crippen molar-refractivity contribution in [2.45, 2.75) is 60.3 Å². The largest absolute Gasteiger partial charge is 0.388 e. The summed E-state index contributed by atoms with van der Waals surface area (Å²) in [7, 11) is 1.98. The highest BCUT2D eigenvalue weighted by atomic mass is 14.8. The highest BCUT2D eigenvalue weighted by Crippen LogP contribution is 2.31. The summed E-state index contributed by atoms with van der Waals surface area (Å²) in [6.07, 6.45) is 1.16. The summed E-state index contributed by atoms with van der Waals surface area (Å²) in [6.45, 7) is 14.8. The second-order valence-corrected chi connectivity index (χ2v) is 4.03. The van der Waals surface area contributed by atoms with Gasteiger partial charge < -0.3 is 5.32 Å². The Morgan fingerprint density at radius 2 is 1.47 bits per heavy atom. The van der Waals surface area contributed by atoms with Crippen LogP contribution >= 0.6 is 0 Å². The molecule has 0 aliphatic heterocycles. The van der Waals surface area contributed by atoms with Crippen molar-refractivity contribution in [2.24, 2.45) is 0 Å². The van der Waals surface area contributed by atoms with Gasteiger partial charge in [0.25, 0.3) is 0 Å². The van der Waals surface area contributed by atoms with E-state index in [0.29, 0.717) is 0 Å². The van der Waals surface area contributed by atoms with E-state index in [-0.39, 0.29) is 5.41 Å². The van der Waals surface area contributed by atoms with Crippen molar-refractivity contribution >= 4 is 5.69 Å². The van der Waals surface area contributed by atoms with Crippen molar-refractivity contribution < 1.29 is 0 Å². The van der Waals surface area contributed by atoms with E-state index >= 15 is 0 Å². The Morgan fingerprint density at radius 3 is 1.88 bits per heavy atom. The lowest BCUT2D eigenvalue weighted by molar-refractivity contribution is 0.508. The van der Waals surface area contributed by atoms with Crippen LogP contribution < -0.4 is 5.32 Å². The number of para-hydroxylation sites is 1. The second kappa shape index (κ2) is 10.2. The number of nitrogens with one attached hydrogen (secondary N) is 1. The molecule has 17 heavy (non-hydrogen) atoms. The van der Waals surface area contributed by atoms with Gasteiger partial charge in [-0.2, -0.15) is 0 Å². The zero-order valence-corrected chi connectivity index (χ0v) is 13.0. The van der Waals surface area contributed by atoms with Gasteiger partial charge in [-0.3, -0.25) is 0 Å². The molecule has 0 aliphatic carbocycles. The van der Waals surface area contributed by atoms with Gasteiger partial charge in [0.05, 0.1) is 0 Å². The first kappa shape index (κ1) is 18.4. The van der Waals surface area contributed by atoms with E-state index in [1.165, 1.54) is 11.3 Å². The molecule has 0 aliphatic rings. The highest BCUT2D eigenvalue weighted by molar-refractivity contribution is 5.53. The molecular weight excluding hydrogens is 206 g/mol. The zero-order valence-electron chi connectivity index (χ0n) is 13.0. The molecule has 0 fully saturated rings. The third-order valence-corrected chi connectivity index (χ3v) is 2.81. The molecule has 0 atom stereocenters. The van der Waals surface area contributed by atoms with Crippen LogP contribution in [-0.2, 0) is 5.41 Å². The van der Waals surface area contributed by atoms with E-state index in [0.717, 1.165) is 6.42 Å². The molecule has 0 heterocycles. The third-order valence-electron chi connectivity index (χ3n) is 2.81. The Hall–Kier alpha value is -0.980. The lowest BCUT2D eigenvalue weighted by atomic mass is 9.81. The highest BCUT2D eigenvalue weighted by Gasteiger charge is 2.20. The number of rotatable bonds is 3. The fraction of sp³-hybridized carbons (Fsp3) is 0.625. The monoisotopic (exact) mass is 237 g/mol. The van der Waals surface area contributed by atoms with Crippen LogP contribution in [0.2, 0.25) is 0 Å². The van der Waals surface area contributed by atoms with Crippen molar-refractivity contribution in [3.63, 3.8) is 0 Å². The summed E-state index contributed by atoms with van der Waals surface area (Å²) in [5.41, 5.74) is 2.91. The van der Waals surface area contributed by atoms with Gasteiger partial charge in [0.2, 0.25) is 0 Å². The van der Waals surface area contributed by atoms with E-state index in [1.54, 1.807) is 0 Å². The molecule has 1 aromatic rings. The van der Waals surface area contributed by atoms with Gasteiger partial charge in [0, 0.05) is 12.7 Å². The average Bonchev–Trinajstić information content (AvgIpc) is 2.43. The minimum atomic E-state index is 0.263. The van der Waals surface area contributed by atoms with Gasteiger partial charge >= 0.3 is 0 Å². The van der Waals surface area contributed by atoms with Crippen molar-refractivity contribution in [3.05, 3.63) is 29.8 Å². The SMILES string of the molecule is CC.CC.CCC(C)(C)c1ccccc1NC. The molecule has 1 heteroatoms. The maximum absolute atomic E-state index is 3.24. The molecular formula is C16H31N. The summed E-state index contributed by atoms with van der Waals surface area (Å²) in [5.74, 6) is 0. The van der Waals surface area contributed by atoms with Gasteiger partial charge in [-0.05, 0) is 23.5 Å².